The Balaban J connectivity index is 1.82. The molecule has 1 unspecified atom stereocenters. The number of rotatable bonds is 6. The van der Waals surface area contributed by atoms with Crippen molar-refractivity contribution < 1.29 is 19.4 Å². The van der Waals surface area contributed by atoms with Crippen molar-refractivity contribution in [3.63, 3.8) is 0 Å². The van der Waals surface area contributed by atoms with Crippen molar-refractivity contribution in [2.75, 3.05) is 13.2 Å². The first-order valence-electron chi connectivity index (χ1n) is 6.43. The molecule has 1 fully saturated rings. The van der Waals surface area contributed by atoms with Gasteiger partial charge in [0.05, 0.1) is 19.3 Å². The van der Waals surface area contributed by atoms with Crippen LogP contribution in [-0.4, -0.2) is 30.4 Å². The Bertz CT molecular complexity index is 447. The van der Waals surface area contributed by atoms with Gasteiger partial charge in [-0.3, -0.25) is 0 Å². The molecule has 1 aliphatic rings. The van der Waals surface area contributed by atoms with E-state index in [1.807, 2.05) is 24.3 Å². The fourth-order valence-electron chi connectivity index (χ4n) is 2.04. The van der Waals surface area contributed by atoms with Gasteiger partial charge in [-0.15, -0.1) is 0 Å². The maximum atomic E-state index is 10.5. The number of carbonyl (C=O) groups is 1. The summed E-state index contributed by atoms with van der Waals surface area (Å²) in [6.45, 7) is 1.98. The third kappa shape index (κ3) is 4.85. The number of hydrogen-bond donors (Lipinski definition) is 1. The number of aliphatic carboxylic acids is 1. The lowest BCUT2D eigenvalue weighted by Gasteiger charge is -2.10. The Morgan fingerprint density at radius 1 is 1.53 bits per heavy atom. The first kappa shape index (κ1) is 13.8. The van der Waals surface area contributed by atoms with Crippen molar-refractivity contribution >= 4 is 12.0 Å². The van der Waals surface area contributed by atoms with Crippen LogP contribution >= 0.6 is 0 Å². The summed E-state index contributed by atoms with van der Waals surface area (Å²) in [6, 6.07) is 7.65. The van der Waals surface area contributed by atoms with E-state index < -0.39 is 5.97 Å². The lowest BCUT2D eigenvalue weighted by Crippen LogP contribution is -2.13. The lowest BCUT2D eigenvalue weighted by atomic mass is 10.1. The van der Waals surface area contributed by atoms with Gasteiger partial charge in [0.15, 0.2) is 0 Å². The van der Waals surface area contributed by atoms with Crippen LogP contribution in [0.3, 0.4) is 0 Å². The topological polar surface area (TPSA) is 55.8 Å². The molecule has 1 heterocycles. The Morgan fingerprint density at radius 2 is 2.42 bits per heavy atom. The molecule has 4 heteroatoms. The van der Waals surface area contributed by atoms with Gasteiger partial charge in [0, 0.05) is 12.7 Å². The van der Waals surface area contributed by atoms with Crippen LogP contribution < -0.4 is 0 Å². The zero-order valence-corrected chi connectivity index (χ0v) is 10.7. The predicted molar refractivity (Wildman–Crippen MR) is 71.7 cm³/mol. The van der Waals surface area contributed by atoms with Crippen molar-refractivity contribution in [2.24, 2.45) is 0 Å². The van der Waals surface area contributed by atoms with Crippen molar-refractivity contribution in [1.82, 2.24) is 0 Å². The van der Waals surface area contributed by atoms with Gasteiger partial charge < -0.3 is 14.6 Å². The van der Waals surface area contributed by atoms with E-state index in [0.717, 1.165) is 36.7 Å². The summed E-state index contributed by atoms with van der Waals surface area (Å²) >= 11 is 0. The summed E-state index contributed by atoms with van der Waals surface area (Å²) in [6.07, 6.45) is 5.12. The van der Waals surface area contributed by atoms with E-state index in [9.17, 15) is 4.79 Å². The Morgan fingerprint density at radius 3 is 3.16 bits per heavy atom. The van der Waals surface area contributed by atoms with Gasteiger partial charge in [0.25, 0.3) is 0 Å². The molecule has 1 saturated heterocycles. The first-order valence-corrected chi connectivity index (χ1v) is 6.43. The van der Waals surface area contributed by atoms with Gasteiger partial charge in [-0.05, 0) is 36.1 Å². The van der Waals surface area contributed by atoms with Crippen LogP contribution in [0.2, 0.25) is 0 Å². The maximum Gasteiger partial charge on any atom is 0.328 e. The molecular weight excluding hydrogens is 244 g/mol. The molecular formula is C15H18O4. The normalized spacial score (nSPS) is 19.1. The molecule has 102 valence electrons. The molecule has 19 heavy (non-hydrogen) atoms. The van der Waals surface area contributed by atoms with Crippen LogP contribution in [0.25, 0.3) is 6.08 Å². The largest absolute Gasteiger partial charge is 0.478 e. The average molecular weight is 262 g/mol. The smallest absolute Gasteiger partial charge is 0.328 e. The summed E-state index contributed by atoms with van der Waals surface area (Å²) < 4.78 is 11.1. The SMILES string of the molecule is O=C(O)C=Cc1cccc(COCC2CCCO2)c1. The quantitative estimate of drug-likeness (QED) is 0.800. The molecule has 1 aliphatic heterocycles. The van der Waals surface area contributed by atoms with E-state index in [2.05, 4.69) is 0 Å². The summed E-state index contributed by atoms with van der Waals surface area (Å²) in [5.74, 6) is -0.944. The van der Waals surface area contributed by atoms with Gasteiger partial charge in [-0.1, -0.05) is 18.2 Å². The van der Waals surface area contributed by atoms with E-state index in [1.54, 1.807) is 6.08 Å². The summed E-state index contributed by atoms with van der Waals surface area (Å²) in [5.41, 5.74) is 1.89. The van der Waals surface area contributed by atoms with E-state index in [1.165, 1.54) is 0 Å². The molecule has 0 bridgehead atoms. The molecule has 1 N–H and O–H groups in total. The molecule has 1 aromatic carbocycles. The fraction of sp³-hybridized carbons (Fsp3) is 0.400. The van der Waals surface area contributed by atoms with E-state index in [4.69, 9.17) is 14.6 Å². The molecule has 0 aliphatic carbocycles. The highest BCUT2D eigenvalue weighted by molar-refractivity contribution is 5.85. The number of carboxylic acids is 1. The van der Waals surface area contributed by atoms with Crippen LogP contribution in [0.5, 0.6) is 0 Å². The second-order valence-corrected chi connectivity index (χ2v) is 4.57. The minimum absolute atomic E-state index is 0.232. The number of benzene rings is 1. The number of carboxylic acid groups (broad SMARTS) is 1. The minimum atomic E-state index is -0.944. The Hall–Kier alpha value is -1.65. The highest BCUT2D eigenvalue weighted by atomic mass is 16.5. The van der Waals surface area contributed by atoms with Crippen LogP contribution in [0.15, 0.2) is 30.3 Å². The van der Waals surface area contributed by atoms with Gasteiger partial charge in [-0.2, -0.15) is 0 Å². The molecule has 0 spiro atoms. The molecule has 1 atom stereocenters. The summed E-state index contributed by atoms with van der Waals surface area (Å²) in [7, 11) is 0. The van der Waals surface area contributed by atoms with Gasteiger partial charge in [0.2, 0.25) is 0 Å². The average Bonchev–Trinajstić information content (AvgIpc) is 2.90. The minimum Gasteiger partial charge on any atom is -0.478 e. The van der Waals surface area contributed by atoms with Gasteiger partial charge in [0.1, 0.15) is 0 Å². The third-order valence-corrected chi connectivity index (χ3v) is 2.97. The molecule has 1 aromatic rings. The number of ether oxygens (including phenoxy) is 2. The zero-order valence-electron chi connectivity index (χ0n) is 10.7. The summed E-state index contributed by atoms with van der Waals surface area (Å²) in [4.78, 5) is 10.5. The van der Waals surface area contributed by atoms with Crippen LogP contribution in [-0.2, 0) is 20.9 Å². The van der Waals surface area contributed by atoms with Gasteiger partial charge >= 0.3 is 5.97 Å². The molecule has 0 amide bonds. The van der Waals surface area contributed by atoms with E-state index in [0.29, 0.717) is 13.2 Å². The van der Waals surface area contributed by atoms with Crippen LogP contribution in [0.4, 0.5) is 0 Å². The van der Waals surface area contributed by atoms with Gasteiger partial charge in [-0.25, -0.2) is 4.79 Å². The second kappa shape index (κ2) is 7.07. The third-order valence-electron chi connectivity index (χ3n) is 2.97. The molecule has 0 saturated carbocycles. The second-order valence-electron chi connectivity index (χ2n) is 4.57. The number of hydrogen-bond acceptors (Lipinski definition) is 3. The first-order chi connectivity index (χ1) is 9.24. The highest BCUT2D eigenvalue weighted by Gasteiger charge is 2.15. The monoisotopic (exact) mass is 262 g/mol. The van der Waals surface area contributed by atoms with E-state index >= 15 is 0 Å². The molecule has 2 rings (SSSR count). The van der Waals surface area contributed by atoms with Crippen molar-refractivity contribution in [2.45, 2.75) is 25.6 Å². The fourth-order valence-corrected chi connectivity index (χ4v) is 2.04. The Labute approximate surface area is 112 Å². The van der Waals surface area contributed by atoms with Crippen LogP contribution in [0, 0.1) is 0 Å². The standard InChI is InChI=1S/C15H18O4/c16-15(17)7-6-12-3-1-4-13(9-12)10-18-11-14-5-2-8-19-14/h1,3-4,6-7,9,14H,2,5,8,10-11H2,(H,16,17). The molecule has 0 aromatic heterocycles. The van der Waals surface area contributed by atoms with E-state index in [-0.39, 0.29) is 6.10 Å². The van der Waals surface area contributed by atoms with Crippen molar-refractivity contribution in [3.05, 3.63) is 41.5 Å². The zero-order chi connectivity index (χ0) is 13.5. The van der Waals surface area contributed by atoms with Crippen molar-refractivity contribution in [1.29, 1.82) is 0 Å². The summed E-state index contributed by atoms with van der Waals surface area (Å²) in [5, 5.41) is 8.58. The molecule has 0 radical (unpaired) electrons. The van der Waals surface area contributed by atoms with Crippen molar-refractivity contribution in [3.8, 4) is 0 Å². The Kier molecular flexibility index (Phi) is 5.12. The van der Waals surface area contributed by atoms with Crippen LogP contribution in [0.1, 0.15) is 24.0 Å². The highest BCUT2D eigenvalue weighted by Crippen LogP contribution is 2.13. The lowest BCUT2D eigenvalue weighted by molar-refractivity contribution is -0.131. The predicted octanol–water partition coefficient (Wildman–Crippen LogP) is 2.48. The maximum absolute atomic E-state index is 10.5. The molecule has 4 nitrogen and oxygen atoms in total.